The number of nitrogens with zero attached hydrogens (tertiary/aromatic N) is 1. The molecule has 1 amide bonds. The molecule has 2 aromatic rings. The molecule has 0 saturated carbocycles. The Labute approximate surface area is 120 Å². The van der Waals surface area contributed by atoms with Gasteiger partial charge >= 0.3 is 0 Å². The quantitative estimate of drug-likeness (QED) is 0.905. The summed E-state index contributed by atoms with van der Waals surface area (Å²) in [6.45, 7) is 1.42. The van der Waals surface area contributed by atoms with Crippen LogP contribution >= 0.6 is 11.3 Å². The minimum Gasteiger partial charge on any atom is -0.302 e. The van der Waals surface area contributed by atoms with Gasteiger partial charge in [-0.15, -0.1) is 11.3 Å². The number of hydrogen-bond donors (Lipinski definition) is 2. The fraction of sp³-hybridized carbons (Fsp3) is 0.167. The average molecular weight is 311 g/mol. The lowest BCUT2D eigenvalue weighted by molar-refractivity contribution is -0.114. The van der Waals surface area contributed by atoms with Gasteiger partial charge in [0, 0.05) is 23.6 Å². The van der Waals surface area contributed by atoms with Crippen LogP contribution in [0.25, 0.3) is 11.3 Å². The number of rotatable bonds is 4. The number of carbonyl (C=O) groups excluding carboxylic acids is 1. The monoisotopic (exact) mass is 311 g/mol. The second-order valence-corrected chi connectivity index (χ2v) is 6.78. The third-order valence-electron chi connectivity index (χ3n) is 2.27. The standard InChI is InChI=1S/C12H13N3O3S2/c1-8(16)13-12-14-11(7-19-12)9-3-5-10(6-4-9)15-20(2,17)18/h3-7,15H,1-2H3,(H,13,14,16). The Bertz CT molecular complexity index is 721. The van der Waals surface area contributed by atoms with Crippen molar-refractivity contribution < 1.29 is 13.2 Å². The first kappa shape index (κ1) is 14.5. The van der Waals surface area contributed by atoms with Crippen molar-refractivity contribution >= 4 is 38.1 Å². The lowest BCUT2D eigenvalue weighted by Gasteiger charge is -2.04. The molecule has 20 heavy (non-hydrogen) atoms. The smallest absolute Gasteiger partial charge is 0.229 e. The molecule has 2 N–H and O–H groups in total. The molecule has 0 fully saturated rings. The van der Waals surface area contributed by atoms with E-state index < -0.39 is 10.0 Å². The number of nitrogens with one attached hydrogen (secondary N) is 2. The molecule has 8 heteroatoms. The second-order valence-electron chi connectivity index (χ2n) is 4.17. The summed E-state index contributed by atoms with van der Waals surface area (Å²) < 4.78 is 24.6. The van der Waals surface area contributed by atoms with Gasteiger partial charge in [-0.05, 0) is 12.1 Å². The zero-order valence-corrected chi connectivity index (χ0v) is 12.5. The van der Waals surface area contributed by atoms with Crippen LogP contribution in [-0.4, -0.2) is 25.6 Å². The van der Waals surface area contributed by atoms with Crippen LogP contribution in [-0.2, 0) is 14.8 Å². The van der Waals surface area contributed by atoms with Crippen molar-refractivity contribution in [3.8, 4) is 11.3 Å². The van der Waals surface area contributed by atoms with Gasteiger partial charge in [0.2, 0.25) is 15.9 Å². The molecule has 0 spiro atoms. The number of anilines is 2. The summed E-state index contributed by atoms with van der Waals surface area (Å²) in [5.41, 5.74) is 2.06. The summed E-state index contributed by atoms with van der Waals surface area (Å²) in [5.74, 6) is -0.168. The van der Waals surface area contributed by atoms with Crippen molar-refractivity contribution in [2.24, 2.45) is 0 Å². The van der Waals surface area contributed by atoms with Crippen molar-refractivity contribution in [3.05, 3.63) is 29.6 Å². The van der Waals surface area contributed by atoms with Gasteiger partial charge in [-0.1, -0.05) is 12.1 Å². The number of carbonyl (C=O) groups is 1. The van der Waals surface area contributed by atoms with Crippen LogP contribution in [0, 0.1) is 0 Å². The summed E-state index contributed by atoms with van der Waals surface area (Å²) >= 11 is 1.33. The molecule has 106 valence electrons. The average Bonchev–Trinajstić information content (AvgIpc) is 2.75. The van der Waals surface area contributed by atoms with Crippen LogP contribution in [0.15, 0.2) is 29.6 Å². The summed E-state index contributed by atoms with van der Waals surface area (Å²) in [6.07, 6.45) is 1.10. The summed E-state index contributed by atoms with van der Waals surface area (Å²) in [6, 6.07) is 6.85. The maximum atomic E-state index is 11.1. The molecule has 0 aliphatic carbocycles. The van der Waals surface area contributed by atoms with Crippen LogP contribution in [0.2, 0.25) is 0 Å². The topological polar surface area (TPSA) is 88.2 Å². The molecule has 1 aromatic carbocycles. The first-order valence-corrected chi connectivity index (χ1v) is 8.42. The van der Waals surface area contributed by atoms with Gasteiger partial charge < -0.3 is 5.32 Å². The normalized spacial score (nSPS) is 11.1. The Kier molecular flexibility index (Phi) is 4.05. The Morgan fingerprint density at radius 2 is 1.90 bits per heavy atom. The largest absolute Gasteiger partial charge is 0.302 e. The number of hydrogen-bond acceptors (Lipinski definition) is 5. The Morgan fingerprint density at radius 3 is 2.45 bits per heavy atom. The van der Waals surface area contributed by atoms with Gasteiger partial charge in [0.15, 0.2) is 5.13 Å². The number of benzene rings is 1. The van der Waals surface area contributed by atoms with Crippen molar-refractivity contribution in [2.75, 3.05) is 16.3 Å². The molecular weight excluding hydrogens is 298 g/mol. The van der Waals surface area contributed by atoms with E-state index in [9.17, 15) is 13.2 Å². The molecule has 0 aliphatic heterocycles. The SMILES string of the molecule is CC(=O)Nc1nc(-c2ccc(NS(C)(=O)=O)cc2)cs1. The Hall–Kier alpha value is -1.93. The fourth-order valence-corrected chi connectivity index (χ4v) is 2.87. The Balaban J connectivity index is 2.17. The van der Waals surface area contributed by atoms with Crippen molar-refractivity contribution in [1.29, 1.82) is 0 Å². The highest BCUT2D eigenvalue weighted by Crippen LogP contribution is 2.26. The van der Waals surface area contributed by atoms with Gasteiger partial charge in [-0.2, -0.15) is 0 Å². The zero-order valence-electron chi connectivity index (χ0n) is 10.9. The van der Waals surface area contributed by atoms with Crippen LogP contribution in [0.4, 0.5) is 10.8 Å². The predicted molar refractivity (Wildman–Crippen MR) is 80.3 cm³/mol. The van der Waals surface area contributed by atoms with E-state index in [-0.39, 0.29) is 5.91 Å². The molecule has 0 aliphatic rings. The summed E-state index contributed by atoms with van der Waals surface area (Å²) in [4.78, 5) is 15.2. The molecule has 0 unspecified atom stereocenters. The molecule has 2 rings (SSSR count). The molecule has 0 bridgehead atoms. The number of thiazole rings is 1. The molecule has 1 aromatic heterocycles. The van der Waals surface area contributed by atoms with E-state index in [0.717, 1.165) is 17.5 Å². The number of aromatic nitrogens is 1. The van der Waals surface area contributed by atoms with E-state index in [4.69, 9.17) is 0 Å². The lowest BCUT2D eigenvalue weighted by atomic mass is 10.1. The van der Waals surface area contributed by atoms with Gasteiger partial charge in [0.25, 0.3) is 0 Å². The van der Waals surface area contributed by atoms with Crippen molar-refractivity contribution in [1.82, 2.24) is 4.98 Å². The number of amides is 1. The molecule has 0 saturated heterocycles. The van der Waals surface area contributed by atoms with Gasteiger partial charge in [0.1, 0.15) is 0 Å². The van der Waals surface area contributed by atoms with Gasteiger partial charge in [-0.25, -0.2) is 13.4 Å². The lowest BCUT2D eigenvalue weighted by Crippen LogP contribution is -2.09. The van der Waals surface area contributed by atoms with Crippen LogP contribution in [0.1, 0.15) is 6.92 Å². The van der Waals surface area contributed by atoms with Crippen molar-refractivity contribution in [3.63, 3.8) is 0 Å². The maximum absolute atomic E-state index is 11.1. The van der Waals surface area contributed by atoms with Crippen LogP contribution in [0.5, 0.6) is 0 Å². The number of sulfonamides is 1. The highest BCUT2D eigenvalue weighted by atomic mass is 32.2. The fourth-order valence-electron chi connectivity index (χ4n) is 1.54. The van der Waals surface area contributed by atoms with E-state index in [1.165, 1.54) is 18.3 Å². The van der Waals surface area contributed by atoms with Gasteiger partial charge in [0.05, 0.1) is 11.9 Å². The minimum atomic E-state index is -3.28. The molecular formula is C12H13N3O3S2. The molecule has 0 radical (unpaired) electrons. The summed E-state index contributed by atoms with van der Waals surface area (Å²) in [5, 5.41) is 4.97. The van der Waals surface area contributed by atoms with E-state index >= 15 is 0 Å². The second kappa shape index (κ2) is 5.59. The highest BCUT2D eigenvalue weighted by molar-refractivity contribution is 7.92. The van der Waals surface area contributed by atoms with Gasteiger partial charge in [-0.3, -0.25) is 9.52 Å². The third kappa shape index (κ3) is 4.04. The third-order valence-corrected chi connectivity index (χ3v) is 3.64. The summed E-state index contributed by atoms with van der Waals surface area (Å²) in [7, 11) is -3.28. The van der Waals surface area contributed by atoms with E-state index in [0.29, 0.717) is 10.8 Å². The van der Waals surface area contributed by atoms with E-state index in [2.05, 4.69) is 15.0 Å². The highest BCUT2D eigenvalue weighted by Gasteiger charge is 2.06. The van der Waals surface area contributed by atoms with Crippen molar-refractivity contribution in [2.45, 2.75) is 6.92 Å². The van der Waals surface area contributed by atoms with E-state index in [1.54, 1.807) is 24.3 Å². The maximum Gasteiger partial charge on any atom is 0.229 e. The van der Waals surface area contributed by atoms with Crippen LogP contribution < -0.4 is 10.0 Å². The minimum absolute atomic E-state index is 0.168. The predicted octanol–water partition coefficient (Wildman–Crippen LogP) is 2.14. The molecule has 6 nitrogen and oxygen atoms in total. The molecule has 0 atom stereocenters. The van der Waals surface area contributed by atoms with Crippen LogP contribution in [0.3, 0.4) is 0 Å². The first-order chi connectivity index (χ1) is 9.33. The molecule has 1 heterocycles. The van der Waals surface area contributed by atoms with E-state index in [1.807, 2.05) is 5.38 Å². The first-order valence-electron chi connectivity index (χ1n) is 5.65. The Morgan fingerprint density at radius 1 is 1.25 bits per heavy atom. The zero-order chi connectivity index (χ0) is 14.8.